The Balaban J connectivity index is 2.43. The summed E-state index contributed by atoms with van der Waals surface area (Å²) < 4.78 is 5.22. The molecule has 0 spiro atoms. The van der Waals surface area contributed by atoms with Crippen molar-refractivity contribution in [2.24, 2.45) is 17.6 Å². The minimum Gasteiger partial charge on any atom is -0.464 e. The Morgan fingerprint density at radius 1 is 1.47 bits per heavy atom. The molecule has 0 aromatic carbocycles. The van der Waals surface area contributed by atoms with Gasteiger partial charge in [0.1, 0.15) is 5.54 Å². The van der Waals surface area contributed by atoms with Gasteiger partial charge in [-0.1, -0.05) is 20.8 Å². The van der Waals surface area contributed by atoms with Crippen LogP contribution < -0.4 is 5.73 Å². The van der Waals surface area contributed by atoms with Gasteiger partial charge in [-0.15, -0.1) is 0 Å². The van der Waals surface area contributed by atoms with E-state index in [9.17, 15) is 4.79 Å². The van der Waals surface area contributed by atoms with Crippen molar-refractivity contribution in [2.75, 3.05) is 6.61 Å². The van der Waals surface area contributed by atoms with Crippen LogP contribution in [0.1, 0.15) is 46.5 Å². The molecule has 0 radical (unpaired) electrons. The first-order valence-electron chi connectivity index (χ1n) is 5.90. The lowest BCUT2D eigenvalue weighted by Crippen LogP contribution is -2.51. The maximum Gasteiger partial charge on any atom is 0.326 e. The quantitative estimate of drug-likeness (QED) is 0.730. The summed E-state index contributed by atoms with van der Waals surface area (Å²) in [7, 11) is 0. The summed E-state index contributed by atoms with van der Waals surface area (Å²) >= 11 is 0. The molecule has 0 unspecified atom stereocenters. The summed E-state index contributed by atoms with van der Waals surface area (Å²) in [5, 5.41) is 0. The van der Waals surface area contributed by atoms with Crippen LogP contribution in [0.2, 0.25) is 0 Å². The maximum atomic E-state index is 11.8. The van der Waals surface area contributed by atoms with Gasteiger partial charge < -0.3 is 10.5 Å². The molecule has 0 amide bonds. The fraction of sp³-hybridized carbons (Fsp3) is 0.917. The molecule has 0 atom stereocenters. The van der Waals surface area contributed by atoms with E-state index in [0.29, 0.717) is 18.4 Å². The number of hydrogen-bond donors (Lipinski definition) is 1. The molecule has 0 aliphatic heterocycles. The summed E-state index contributed by atoms with van der Waals surface area (Å²) in [5.74, 6) is 0.864. The first kappa shape index (κ1) is 12.5. The van der Waals surface area contributed by atoms with E-state index in [1.807, 2.05) is 13.8 Å². The van der Waals surface area contributed by atoms with Gasteiger partial charge in [-0.2, -0.15) is 0 Å². The smallest absolute Gasteiger partial charge is 0.326 e. The molecule has 2 N–H and O–H groups in total. The fourth-order valence-corrected chi connectivity index (χ4v) is 1.87. The van der Waals surface area contributed by atoms with Crippen molar-refractivity contribution in [3.05, 3.63) is 0 Å². The van der Waals surface area contributed by atoms with Gasteiger partial charge in [0.2, 0.25) is 0 Å². The van der Waals surface area contributed by atoms with Gasteiger partial charge in [0.25, 0.3) is 0 Å². The highest BCUT2D eigenvalue weighted by atomic mass is 16.5. The molecule has 0 saturated heterocycles. The molecule has 0 heterocycles. The number of carbonyl (C=O) groups excluding carboxylic acids is 1. The van der Waals surface area contributed by atoms with E-state index < -0.39 is 5.54 Å². The van der Waals surface area contributed by atoms with Crippen LogP contribution in [0.25, 0.3) is 0 Å². The topological polar surface area (TPSA) is 52.3 Å². The van der Waals surface area contributed by atoms with Crippen LogP contribution in [0.3, 0.4) is 0 Å². The van der Waals surface area contributed by atoms with E-state index >= 15 is 0 Å². The predicted molar refractivity (Wildman–Crippen MR) is 60.3 cm³/mol. The number of nitrogens with two attached hydrogens (primary N) is 1. The normalized spacial score (nSPS) is 31.7. The average Bonchev–Trinajstić information content (AvgIpc) is 2.19. The molecule has 3 heteroatoms. The van der Waals surface area contributed by atoms with Gasteiger partial charge in [-0.3, -0.25) is 4.79 Å². The summed E-state index contributed by atoms with van der Waals surface area (Å²) in [6.45, 7) is 6.74. The number of rotatable bonds is 3. The van der Waals surface area contributed by atoms with Crippen molar-refractivity contribution in [2.45, 2.75) is 52.0 Å². The Bertz CT molecular complexity index is 218. The standard InChI is InChI=1S/C12H23NO2/c1-9(2)8-15-11(14)12(13)6-4-10(3)5-7-12/h9-10H,4-8,13H2,1-3H3. The zero-order valence-corrected chi connectivity index (χ0v) is 10.1. The lowest BCUT2D eigenvalue weighted by atomic mass is 9.78. The maximum absolute atomic E-state index is 11.8. The Morgan fingerprint density at radius 3 is 2.47 bits per heavy atom. The monoisotopic (exact) mass is 213 g/mol. The SMILES string of the molecule is CC(C)COC(=O)C1(N)CCC(C)CC1. The van der Waals surface area contributed by atoms with E-state index in [1.54, 1.807) is 0 Å². The van der Waals surface area contributed by atoms with Crippen molar-refractivity contribution in [1.29, 1.82) is 0 Å². The molecule has 0 aromatic rings. The van der Waals surface area contributed by atoms with Crippen LogP contribution in [-0.4, -0.2) is 18.1 Å². The Morgan fingerprint density at radius 2 is 2.00 bits per heavy atom. The molecular formula is C12H23NO2. The van der Waals surface area contributed by atoms with Crippen LogP contribution in [0, 0.1) is 11.8 Å². The molecule has 1 aliphatic carbocycles. The zero-order valence-electron chi connectivity index (χ0n) is 10.1. The van der Waals surface area contributed by atoms with E-state index in [0.717, 1.165) is 25.7 Å². The largest absolute Gasteiger partial charge is 0.464 e. The van der Waals surface area contributed by atoms with E-state index in [2.05, 4.69) is 6.92 Å². The second-order valence-corrected chi connectivity index (χ2v) is 5.33. The summed E-state index contributed by atoms with van der Waals surface area (Å²) in [6.07, 6.45) is 3.61. The van der Waals surface area contributed by atoms with Crippen LogP contribution in [0.5, 0.6) is 0 Å². The highest BCUT2D eigenvalue weighted by molar-refractivity contribution is 5.80. The van der Waals surface area contributed by atoms with Crippen LogP contribution in [-0.2, 0) is 9.53 Å². The minimum absolute atomic E-state index is 0.205. The third-order valence-corrected chi connectivity index (χ3v) is 3.12. The highest BCUT2D eigenvalue weighted by Gasteiger charge is 2.38. The Kier molecular flexibility index (Phi) is 4.14. The predicted octanol–water partition coefficient (Wildman–Crippen LogP) is 2.09. The van der Waals surface area contributed by atoms with Crippen molar-refractivity contribution < 1.29 is 9.53 Å². The zero-order chi connectivity index (χ0) is 11.5. The van der Waals surface area contributed by atoms with Crippen molar-refractivity contribution >= 4 is 5.97 Å². The first-order chi connectivity index (χ1) is 6.94. The first-order valence-corrected chi connectivity index (χ1v) is 5.90. The van der Waals surface area contributed by atoms with Crippen molar-refractivity contribution in [3.8, 4) is 0 Å². The number of esters is 1. The molecule has 1 aliphatic rings. The van der Waals surface area contributed by atoms with Gasteiger partial charge in [-0.05, 0) is 37.5 Å². The summed E-state index contributed by atoms with van der Waals surface area (Å²) in [4.78, 5) is 11.8. The lowest BCUT2D eigenvalue weighted by molar-refractivity contribution is -0.152. The van der Waals surface area contributed by atoms with Gasteiger partial charge >= 0.3 is 5.97 Å². The summed E-state index contributed by atoms with van der Waals surface area (Å²) in [5.41, 5.74) is 5.37. The number of carbonyl (C=O) groups is 1. The summed E-state index contributed by atoms with van der Waals surface area (Å²) in [6, 6.07) is 0. The third kappa shape index (κ3) is 3.49. The number of ether oxygens (including phenoxy) is 1. The Hall–Kier alpha value is -0.570. The van der Waals surface area contributed by atoms with E-state index in [4.69, 9.17) is 10.5 Å². The second kappa shape index (κ2) is 4.97. The van der Waals surface area contributed by atoms with Crippen molar-refractivity contribution in [3.63, 3.8) is 0 Å². The minimum atomic E-state index is -0.707. The lowest BCUT2D eigenvalue weighted by Gasteiger charge is -2.33. The molecule has 1 rings (SSSR count). The average molecular weight is 213 g/mol. The van der Waals surface area contributed by atoms with E-state index in [1.165, 1.54) is 0 Å². The highest BCUT2D eigenvalue weighted by Crippen LogP contribution is 2.30. The van der Waals surface area contributed by atoms with Gasteiger partial charge in [0.05, 0.1) is 6.61 Å². The van der Waals surface area contributed by atoms with E-state index in [-0.39, 0.29) is 5.97 Å². The van der Waals surface area contributed by atoms with Crippen molar-refractivity contribution in [1.82, 2.24) is 0 Å². The molecule has 15 heavy (non-hydrogen) atoms. The van der Waals surface area contributed by atoms with Gasteiger partial charge in [-0.25, -0.2) is 0 Å². The van der Waals surface area contributed by atoms with Gasteiger partial charge in [0.15, 0.2) is 0 Å². The Labute approximate surface area is 92.4 Å². The molecule has 3 nitrogen and oxygen atoms in total. The molecule has 1 saturated carbocycles. The second-order valence-electron chi connectivity index (χ2n) is 5.33. The van der Waals surface area contributed by atoms with Gasteiger partial charge in [0, 0.05) is 0 Å². The molecule has 0 bridgehead atoms. The molecule has 1 fully saturated rings. The van der Waals surface area contributed by atoms with Crippen LogP contribution in [0.15, 0.2) is 0 Å². The van der Waals surface area contributed by atoms with Crippen LogP contribution >= 0.6 is 0 Å². The number of hydrogen-bond acceptors (Lipinski definition) is 3. The molecule has 0 aromatic heterocycles. The molecule has 88 valence electrons. The molecular weight excluding hydrogens is 190 g/mol. The third-order valence-electron chi connectivity index (χ3n) is 3.12. The van der Waals surface area contributed by atoms with Crippen LogP contribution in [0.4, 0.5) is 0 Å². The fourth-order valence-electron chi connectivity index (χ4n) is 1.87.